The first kappa shape index (κ1) is 108. The van der Waals surface area contributed by atoms with Crippen molar-refractivity contribution in [1.29, 1.82) is 0 Å². The molecular formula is C123H150O6S6. The van der Waals surface area contributed by atoms with Crippen LogP contribution in [0.5, 0.6) is 17.2 Å². The van der Waals surface area contributed by atoms with Gasteiger partial charge in [0.2, 0.25) is 0 Å². The van der Waals surface area contributed by atoms with Crippen molar-refractivity contribution in [2.45, 2.75) is 302 Å². The number of carbonyl (C=O) groups excluding carboxylic acids is 3. The summed E-state index contributed by atoms with van der Waals surface area (Å²) >= 11 is 11.6. The second-order valence-electron chi connectivity index (χ2n) is 35.3. The fourth-order valence-corrected chi connectivity index (χ4v) is 21.4. The molecule has 0 saturated carbocycles. The first-order valence-corrected chi connectivity index (χ1v) is 57.1. The SMILES string of the molecule is CCCCCCCCCSc1ccc(-c2ccc(OC(=O)c3ccc(-c4ccc(SCCCCCCCC)cc4)cc3)cc2)cc1.CCCCCCCCSc1ccc(-c2ccc(C(=O)Oc3ccc(-c4ccc(SCCCCCCC)cc4)cc3)cc2)cc1.CCCCCCCCSc1ccc(-c2ccc(OC(=O)c3ccc(-c4ccc(SCCCCCCCC)cc4)cc3)cc2)cc1. The molecule has 12 aromatic carbocycles. The molecule has 12 heteroatoms. The van der Waals surface area contributed by atoms with Gasteiger partial charge in [-0.25, -0.2) is 14.4 Å². The molecule has 0 aliphatic carbocycles. The molecule has 0 heterocycles. The third-order valence-electron chi connectivity index (χ3n) is 24.3. The van der Waals surface area contributed by atoms with E-state index in [-0.39, 0.29) is 17.9 Å². The summed E-state index contributed by atoms with van der Waals surface area (Å²) in [6.45, 7) is 13.6. The molecule has 0 bridgehead atoms. The van der Waals surface area contributed by atoms with Gasteiger partial charge in [0, 0.05) is 29.4 Å². The van der Waals surface area contributed by atoms with Gasteiger partial charge in [0.05, 0.1) is 16.7 Å². The molecule has 0 saturated heterocycles. The van der Waals surface area contributed by atoms with E-state index >= 15 is 0 Å². The Balaban J connectivity index is 0.000000210. The summed E-state index contributed by atoms with van der Waals surface area (Å²) in [5.41, 5.74) is 15.2. The van der Waals surface area contributed by atoms with E-state index in [0.717, 1.165) is 66.8 Å². The number of hydrogen-bond donors (Lipinski definition) is 0. The summed E-state index contributed by atoms with van der Waals surface area (Å²) in [5.74, 6) is 7.69. The Morgan fingerprint density at radius 2 is 0.274 bits per heavy atom. The van der Waals surface area contributed by atoms with Crippen LogP contribution in [0.25, 0.3) is 66.8 Å². The van der Waals surface area contributed by atoms with E-state index in [1.807, 2.05) is 216 Å². The molecule has 0 aromatic heterocycles. The van der Waals surface area contributed by atoms with Gasteiger partial charge >= 0.3 is 17.9 Å². The van der Waals surface area contributed by atoms with Crippen molar-refractivity contribution in [3.05, 3.63) is 308 Å². The highest BCUT2D eigenvalue weighted by Crippen LogP contribution is 2.36. The van der Waals surface area contributed by atoms with Gasteiger partial charge in [-0.05, 0) is 285 Å². The first-order chi connectivity index (χ1) is 66.5. The Morgan fingerprint density at radius 3 is 0.415 bits per heavy atom. The van der Waals surface area contributed by atoms with Gasteiger partial charge in [0.25, 0.3) is 0 Å². The molecule has 0 aliphatic heterocycles. The second kappa shape index (κ2) is 65.9. The van der Waals surface area contributed by atoms with Gasteiger partial charge in [-0.15, -0.1) is 70.6 Å². The summed E-state index contributed by atoms with van der Waals surface area (Å²) in [4.78, 5) is 46.4. The van der Waals surface area contributed by atoms with Crippen molar-refractivity contribution < 1.29 is 28.6 Å². The zero-order valence-corrected chi connectivity index (χ0v) is 86.7. The number of rotatable bonds is 60. The molecule has 0 spiro atoms. The second-order valence-corrected chi connectivity index (χ2v) is 42.3. The highest BCUT2D eigenvalue weighted by molar-refractivity contribution is 8.00. The minimum atomic E-state index is -0.346. The minimum absolute atomic E-state index is 0.344. The lowest BCUT2D eigenvalue weighted by molar-refractivity contribution is 0.0725. The highest BCUT2D eigenvalue weighted by atomic mass is 32.2. The molecule has 0 radical (unpaired) electrons. The molecule has 0 N–H and O–H groups in total. The monoisotopic (exact) mass is 1910 g/mol. The van der Waals surface area contributed by atoms with Crippen molar-refractivity contribution in [1.82, 2.24) is 0 Å². The molecular weight excluding hydrogens is 1770 g/mol. The Hall–Kier alpha value is -8.85. The van der Waals surface area contributed by atoms with Crippen LogP contribution in [0.1, 0.15) is 304 Å². The van der Waals surface area contributed by atoms with Crippen LogP contribution in [0, 0.1) is 0 Å². The lowest BCUT2D eigenvalue weighted by atomic mass is 10.0. The molecule has 0 amide bonds. The maximum absolute atomic E-state index is 12.9. The van der Waals surface area contributed by atoms with Gasteiger partial charge in [0.15, 0.2) is 0 Å². The zero-order valence-electron chi connectivity index (χ0n) is 81.8. The van der Waals surface area contributed by atoms with Crippen LogP contribution in [-0.2, 0) is 0 Å². The third-order valence-corrected chi connectivity index (χ3v) is 30.9. The fraction of sp³-hybridized carbons (Fsp3) is 0.390. The summed E-state index contributed by atoms with van der Waals surface area (Å²) in [6, 6.07) is 98.9. The van der Waals surface area contributed by atoms with Gasteiger partial charge in [0.1, 0.15) is 17.2 Å². The maximum atomic E-state index is 12.9. The van der Waals surface area contributed by atoms with Crippen molar-refractivity contribution in [2.24, 2.45) is 0 Å². The molecule has 0 aliphatic rings. The van der Waals surface area contributed by atoms with E-state index in [1.54, 1.807) is 0 Å². The number of esters is 3. The van der Waals surface area contributed by atoms with Crippen LogP contribution < -0.4 is 14.2 Å². The van der Waals surface area contributed by atoms with E-state index < -0.39 is 0 Å². The largest absolute Gasteiger partial charge is 0.423 e. The quantitative estimate of drug-likeness (QED) is 0.0158. The Bertz CT molecular complexity index is 5180. The summed E-state index contributed by atoms with van der Waals surface area (Å²) in [7, 11) is 0. The number of thioether (sulfide) groups is 6. The van der Waals surface area contributed by atoms with Gasteiger partial charge in [-0.3, -0.25) is 0 Å². The number of unbranched alkanes of at least 4 members (excludes halogenated alkanes) is 30. The van der Waals surface area contributed by atoms with E-state index in [4.69, 9.17) is 14.2 Å². The molecule has 6 nitrogen and oxygen atoms in total. The highest BCUT2D eigenvalue weighted by Gasteiger charge is 2.16. The number of hydrogen-bond acceptors (Lipinski definition) is 12. The summed E-state index contributed by atoms with van der Waals surface area (Å²) in [5, 5.41) is 0. The van der Waals surface area contributed by atoms with E-state index in [9.17, 15) is 14.4 Å². The van der Waals surface area contributed by atoms with Crippen LogP contribution in [0.3, 0.4) is 0 Å². The molecule has 0 atom stereocenters. The third kappa shape index (κ3) is 41.8. The average Bonchev–Trinajstić information content (AvgIpc) is 0.827. The molecule has 0 fully saturated rings. The average molecular weight is 1920 g/mol. The number of ether oxygens (including phenoxy) is 3. The van der Waals surface area contributed by atoms with Crippen LogP contribution in [0.2, 0.25) is 0 Å². The van der Waals surface area contributed by atoms with Gasteiger partial charge in [-0.1, -0.05) is 380 Å². The normalized spacial score (nSPS) is 11.1. The van der Waals surface area contributed by atoms with Crippen LogP contribution in [0.15, 0.2) is 321 Å². The molecule has 12 rings (SSSR count). The lowest BCUT2D eigenvalue weighted by Crippen LogP contribution is -2.08. The smallest absolute Gasteiger partial charge is 0.343 e. The molecule has 714 valence electrons. The molecule has 135 heavy (non-hydrogen) atoms. The first-order valence-electron chi connectivity index (χ1n) is 51.1. The molecule has 12 aromatic rings. The summed E-state index contributed by atoms with van der Waals surface area (Å²) in [6.07, 6.45) is 48.1. The van der Waals surface area contributed by atoms with Gasteiger partial charge in [-0.2, -0.15) is 0 Å². The van der Waals surface area contributed by atoms with E-state index in [2.05, 4.69) is 187 Å². The Kier molecular flexibility index (Phi) is 52.8. The van der Waals surface area contributed by atoms with E-state index in [1.165, 1.54) is 295 Å². The Labute approximate surface area is 838 Å². The topological polar surface area (TPSA) is 78.9 Å². The van der Waals surface area contributed by atoms with Crippen molar-refractivity contribution in [2.75, 3.05) is 34.5 Å². The van der Waals surface area contributed by atoms with Crippen LogP contribution in [0.4, 0.5) is 0 Å². The van der Waals surface area contributed by atoms with Crippen molar-refractivity contribution >= 4 is 88.5 Å². The lowest BCUT2D eigenvalue weighted by Gasteiger charge is -2.08. The maximum Gasteiger partial charge on any atom is 0.343 e. The number of carbonyl (C=O) groups is 3. The summed E-state index contributed by atoms with van der Waals surface area (Å²) < 4.78 is 17.1. The number of benzene rings is 12. The minimum Gasteiger partial charge on any atom is -0.423 e. The van der Waals surface area contributed by atoms with Crippen LogP contribution >= 0.6 is 70.6 Å². The molecule has 0 unspecified atom stereocenters. The Morgan fingerprint density at radius 1 is 0.156 bits per heavy atom. The standard InChI is InChI=1S/C42H52O2S2.C41H50O2S2.C40H48O2S2/c1-3-5-7-9-11-13-15-33-46-41-30-24-37(25-31-41)35-20-26-39(27-21-35)44-42(43)38-18-16-34(17-19-38)36-22-28-40(29-23-36)45-32-14-12-10-8-6-4-2;1-3-5-7-9-11-13-31-44-39-27-21-35(22-28-39)33-15-17-37(18-16-33)41(42)43-38-25-19-34(20-26-38)36-23-29-40(30-24-36)45-32-14-12-10-8-6-4-2;1-3-5-7-9-11-13-31-44-38-26-20-34(21-27-38)32-14-16-36(17-15-32)40(41)42-37-24-18-33(19-25-37)35-22-28-39(29-23-35)43-30-12-10-8-6-4-2/h16-31H,3-15,32-33H2,1-2H3;15-30H,3-14,31-32H2,1-2H3;14-29H,3-13,30-31H2,1-2H3. The van der Waals surface area contributed by atoms with E-state index in [0.29, 0.717) is 33.9 Å². The fourth-order valence-electron chi connectivity index (χ4n) is 15.9. The van der Waals surface area contributed by atoms with Gasteiger partial charge < -0.3 is 14.2 Å². The predicted molar refractivity (Wildman–Crippen MR) is 591 cm³/mol. The van der Waals surface area contributed by atoms with Crippen molar-refractivity contribution in [3.8, 4) is 84.0 Å². The van der Waals surface area contributed by atoms with Crippen molar-refractivity contribution in [3.63, 3.8) is 0 Å². The predicted octanol–water partition coefficient (Wildman–Crippen LogP) is 39.4. The van der Waals surface area contributed by atoms with Crippen LogP contribution in [-0.4, -0.2) is 52.4 Å². The zero-order chi connectivity index (χ0) is 94.6.